The van der Waals surface area contributed by atoms with Gasteiger partial charge in [0.1, 0.15) is 5.75 Å². The highest BCUT2D eigenvalue weighted by molar-refractivity contribution is 5.95. The molecule has 102 valence electrons. The van der Waals surface area contributed by atoms with E-state index < -0.39 is 0 Å². The fourth-order valence-corrected chi connectivity index (χ4v) is 1.55. The van der Waals surface area contributed by atoms with Crippen molar-refractivity contribution in [2.75, 3.05) is 12.8 Å². The van der Waals surface area contributed by atoms with Crippen molar-refractivity contribution in [2.24, 2.45) is 5.10 Å². The summed E-state index contributed by atoms with van der Waals surface area (Å²) in [5.41, 5.74) is 9.99. The van der Waals surface area contributed by atoms with Crippen LogP contribution in [0.15, 0.2) is 53.6 Å². The summed E-state index contributed by atoms with van der Waals surface area (Å²) in [7, 11) is 1.61. The van der Waals surface area contributed by atoms with Crippen LogP contribution in [0, 0.1) is 0 Å². The SMILES string of the molecule is COc1ccc(/C=N/NC(=O)c2ccc(N)cc2)cc1. The Morgan fingerprint density at radius 3 is 2.40 bits per heavy atom. The van der Waals surface area contributed by atoms with Gasteiger partial charge in [0, 0.05) is 11.3 Å². The van der Waals surface area contributed by atoms with E-state index in [0.29, 0.717) is 11.3 Å². The smallest absolute Gasteiger partial charge is 0.271 e. The van der Waals surface area contributed by atoms with Gasteiger partial charge in [0.2, 0.25) is 0 Å². The highest BCUT2D eigenvalue weighted by atomic mass is 16.5. The maximum absolute atomic E-state index is 11.8. The monoisotopic (exact) mass is 269 g/mol. The normalized spacial score (nSPS) is 10.4. The first-order valence-corrected chi connectivity index (χ1v) is 6.02. The number of hydrogen-bond acceptors (Lipinski definition) is 4. The molecule has 0 aliphatic rings. The highest BCUT2D eigenvalue weighted by Crippen LogP contribution is 2.09. The minimum atomic E-state index is -0.283. The fraction of sp³-hybridized carbons (Fsp3) is 0.0667. The maximum atomic E-state index is 11.8. The second-order valence-corrected chi connectivity index (χ2v) is 4.09. The van der Waals surface area contributed by atoms with E-state index in [4.69, 9.17) is 10.5 Å². The van der Waals surface area contributed by atoms with Gasteiger partial charge >= 0.3 is 0 Å². The lowest BCUT2D eigenvalue weighted by atomic mass is 10.2. The first-order valence-electron chi connectivity index (χ1n) is 6.02. The van der Waals surface area contributed by atoms with Crippen LogP contribution in [-0.4, -0.2) is 19.2 Å². The third kappa shape index (κ3) is 3.58. The predicted molar refractivity (Wildman–Crippen MR) is 78.9 cm³/mol. The standard InChI is InChI=1S/C15H15N3O2/c1-20-14-8-2-11(3-9-14)10-17-18-15(19)12-4-6-13(16)7-5-12/h2-10H,16H2,1H3,(H,18,19)/b17-10+. The van der Waals surface area contributed by atoms with Crippen LogP contribution in [0.25, 0.3) is 0 Å². The Hall–Kier alpha value is -2.82. The Balaban J connectivity index is 1.95. The maximum Gasteiger partial charge on any atom is 0.271 e. The van der Waals surface area contributed by atoms with Crippen LogP contribution in [0.5, 0.6) is 5.75 Å². The quantitative estimate of drug-likeness (QED) is 0.506. The van der Waals surface area contributed by atoms with Crippen molar-refractivity contribution in [2.45, 2.75) is 0 Å². The second kappa shape index (κ2) is 6.38. The van der Waals surface area contributed by atoms with Crippen LogP contribution in [0.4, 0.5) is 5.69 Å². The number of carbonyl (C=O) groups is 1. The molecule has 5 heteroatoms. The minimum Gasteiger partial charge on any atom is -0.497 e. The molecule has 2 aromatic carbocycles. The average Bonchev–Trinajstić information content (AvgIpc) is 2.48. The number of hydrazone groups is 1. The Kier molecular flexibility index (Phi) is 4.34. The van der Waals surface area contributed by atoms with Gasteiger partial charge in [0.15, 0.2) is 0 Å². The van der Waals surface area contributed by atoms with Crippen molar-refractivity contribution in [3.8, 4) is 5.75 Å². The van der Waals surface area contributed by atoms with Gasteiger partial charge in [-0.3, -0.25) is 4.79 Å². The number of nitrogens with one attached hydrogen (secondary N) is 1. The Bertz CT molecular complexity index is 604. The number of hydrogen-bond donors (Lipinski definition) is 2. The third-order valence-corrected chi connectivity index (χ3v) is 2.67. The van der Waals surface area contributed by atoms with Crippen molar-refractivity contribution in [3.05, 3.63) is 59.7 Å². The molecule has 3 N–H and O–H groups in total. The summed E-state index contributed by atoms with van der Waals surface area (Å²) in [6.45, 7) is 0. The molecule has 1 amide bonds. The molecule has 0 saturated heterocycles. The molecule has 2 rings (SSSR count). The molecule has 2 aromatic rings. The van der Waals surface area contributed by atoms with E-state index in [1.807, 2.05) is 24.3 Å². The zero-order chi connectivity index (χ0) is 14.4. The van der Waals surface area contributed by atoms with Gasteiger partial charge in [0.25, 0.3) is 5.91 Å². The molecule has 0 atom stereocenters. The average molecular weight is 269 g/mol. The molecule has 0 heterocycles. The molecule has 0 aliphatic heterocycles. The first kappa shape index (κ1) is 13.6. The lowest BCUT2D eigenvalue weighted by Gasteiger charge is -2.01. The molecule has 0 aliphatic carbocycles. The molecular formula is C15H15N3O2. The van der Waals surface area contributed by atoms with E-state index in [2.05, 4.69) is 10.5 Å². The number of nitrogens with two attached hydrogens (primary N) is 1. The van der Waals surface area contributed by atoms with Crippen LogP contribution in [0.1, 0.15) is 15.9 Å². The number of ether oxygens (including phenoxy) is 1. The summed E-state index contributed by atoms with van der Waals surface area (Å²) < 4.78 is 5.05. The van der Waals surface area contributed by atoms with Crippen LogP contribution in [0.2, 0.25) is 0 Å². The molecule has 0 aromatic heterocycles. The number of nitrogens with zero attached hydrogens (tertiary/aromatic N) is 1. The van der Waals surface area contributed by atoms with Crippen molar-refractivity contribution in [1.29, 1.82) is 0 Å². The van der Waals surface area contributed by atoms with Crippen molar-refractivity contribution < 1.29 is 9.53 Å². The topological polar surface area (TPSA) is 76.7 Å². The molecule has 0 radical (unpaired) electrons. The van der Waals surface area contributed by atoms with Crippen LogP contribution in [0.3, 0.4) is 0 Å². The summed E-state index contributed by atoms with van der Waals surface area (Å²) in [4.78, 5) is 11.8. The van der Waals surface area contributed by atoms with Crippen LogP contribution >= 0.6 is 0 Å². The molecule has 0 spiro atoms. The van der Waals surface area contributed by atoms with E-state index in [0.717, 1.165) is 11.3 Å². The Morgan fingerprint density at radius 2 is 1.80 bits per heavy atom. The highest BCUT2D eigenvalue weighted by Gasteiger charge is 2.02. The summed E-state index contributed by atoms with van der Waals surface area (Å²) in [5, 5.41) is 3.90. The number of carbonyl (C=O) groups excluding carboxylic acids is 1. The lowest BCUT2D eigenvalue weighted by molar-refractivity contribution is 0.0955. The van der Waals surface area contributed by atoms with Gasteiger partial charge < -0.3 is 10.5 Å². The zero-order valence-corrected chi connectivity index (χ0v) is 11.0. The number of anilines is 1. The van der Waals surface area contributed by atoms with E-state index >= 15 is 0 Å². The molecular weight excluding hydrogens is 254 g/mol. The van der Waals surface area contributed by atoms with Gasteiger partial charge in [-0.2, -0.15) is 5.10 Å². The van der Waals surface area contributed by atoms with E-state index in [-0.39, 0.29) is 5.91 Å². The number of methoxy groups -OCH3 is 1. The number of benzene rings is 2. The zero-order valence-electron chi connectivity index (χ0n) is 11.0. The summed E-state index contributed by atoms with van der Waals surface area (Å²) in [6.07, 6.45) is 1.56. The van der Waals surface area contributed by atoms with Gasteiger partial charge in [-0.15, -0.1) is 0 Å². The van der Waals surface area contributed by atoms with E-state index in [9.17, 15) is 4.79 Å². The lowest BCUT2D eigenvalue weighted by Crippen LogP contribution is -2.17. The van der Waals surface area contributed by atoms with E-state index in [1.54, 1.807) is 37.6 Å². The summed E-state index contributed by atoms with van der Waals surface area (Å²) in [6, 6.07) is 14.0. The van der Waals surface area contributed by atoms with Crippen LogP contribution < -0.4 is 15.9 Å². The number of rotatable bonds is 4. The van der Waals surface area contributed by atoms with Gasteiger partial charge in [0.05, 0.1) is 13.3 Å². The minimum absolute atomic E-state index is 0.283. The summed E-state index contributed by atoms with van der Waals surface area (Å²) >= 11 is 0. The molecule has 20 heavy (non-hydrogen) atoms. The predicted octanol–water partition coefficient (Wildman–Crippen LogP) is 2.04. The molecule has 0 bridgehead atoms. The van der Waals surface area contributed by atoms with Crippen molar-refractivity contribution in [1.82, 2.24) is 5.43 Å². The number of amides is 1. The largest absolute Gasteiger partial charge is 0.497 e. The van der Waals surface area contributed by atoms with Crippen molar-refractivity contribution >= 4 is 17.8 Å². The van der Waals surface area contributed by atoms with E-state index in [1.165, 1.54) is 0 Å². The molecule has 0 fully saturated rings. The summed E-state index contributed by atoms with van der Waals surface area (Å²) in [5.74, 6) is 0.489. The van der Waals surface area contributed by atoms with Gasteiger partial charge in [-0.25, -0.2) is 5.43 Å². The Labute approximate surface area is 117 Å². The second-order valence-electron chi connectivity index (χ2n) is 4.09. The van der Waals surface area contributed by atoms with Crippen LogP contribution in [-0.2, 0) is 0 Å². The van der Waals surface area contributed by atoms with Gasteiger partial charge in [-0.1, -0.05) is 0 Å². The molecule has 0 saturated carbocycles. The van der Waals surface area contributed by atoms with Crippen molar-refractivity contribution in [3.63, 3.8) is 0 Å². The third-order valence-electron chi connectivity index (χ3n) is 2.67. The fourth-order valence-electron chi connectivity index (χ4n) is 1.55. The van der Waals surface area contributed by atoms with Gasteiger partial charge in [-0.05, 0) is 54.1 Å². The molecule has 5 nitrogen and oxygen atoms in total. The first-order chi connectivity index (χ1) is 9.69. The molecule has 0 unspecified atom stereocenters. The number of nitrogen functional groups attached to an aromatic ring is 1. The Morgan fingerprint density at radius 1 is 1.15 bits per heavy atom.